The molecule has 1 N–H and O–H groups in total. The molecule has 0 saturated heterocycles. The van der Waals surface area contributed by atoms with E-state index >= 15 is 0 Å². The molecule has 0 aromatic carbocycles. The summed E-state index contributed by atoms with van der Waals surface area (Å²) < 4.78 is 12.4. The van der Waals surface area contributed by atoms with E-state index in [-0.39, 0.29) is 6.61 Å². The van der Waals surface area contributed by atoms with Gasteiger partial charge < -0.3 is 19.7 Å². The molecule has 2 aromatic rings. The molecule has 0 aliphatic heterocycles. The zero-order valence-corrected chi connectivity index (χ0v) is 17.3. The van der Waals surface area contributed by atoms with Gasteiger partial charge in [-0.15, -0.1) is 0 Å². The molecule has 0 saturated carbocycles. The number of aromatic nitrogens is 3. The molecule has 0 fully saturated rings. The molecular weight excluding hydrogens is 372 g/mol. The number of nitriles is 1. The fraction of sp³-hybridized carbons (Fsp3) is 0.400. The zero-order chi connectivity index (χ0) is 21.4. The SMILES string of the molecule is CN(C)/C=C(\C#N)c1cnn(-c2cc(OCCNC(=O)OC(C)(C)C)ccn2)c1. The lowest BCUT2D eigenvalue weighted by atomic mass is 10.2. The highest BCUT2D eigenvalue weighted by Gasteiger charge is 2.15. The van der Waals surface area contributed by atoms with Crippen molar-refractivity contribution in [3.8, 4) is 17.6 Å². The number of carbonyl (C=O) groups is 1. The maximum atomic E-state index is 11.6. The Morgan fingerprint density at radius 2 is 2.17 bits per heavy atom. The predicted molar refractivity (Wildman–Crippen MR) is 108 cm³/mol. The van der Waals surface area contributed by atoms with Gasteiger partial charge >= 0.3 is 6.09 Å². The van der Waals surface area contributed by atoms with E-state index in [1.54, 1.807) is 67.3 Å². The molecule has 29 heavy (non-hydrogen) atoms. The third-order valence-corrected chi connectivity index (χ3v) is 3.39. The van der Waals surface area contributed by atoms with Crippen molar-refractivity contribution in [3.05, 3.63) is 42.5 Å². The first-order valence-electron chi connectivity index (χ1n) is 9.07. The van der Waals surface area contributed by atoms with Crippen LogP contribution in [-0.4, -0.2) is 58.6 Å². The third-order valence-electron chi connectivity index (χ3n) is 3.39. The van der Waals surface area contributed by atoms with Gasteiger partial charge in [-0.2, -0.15) is 10.4 Å². The van der Waals surface area contributed by atoms with Gasteiger partial charge in [-0.25, -0.2) is 14.5 Å². The Bertz CT molecular complexity index is 905. The lowest BCUT2D eigenvalue weighted by molar-refractivity contribution is 0.0520. The largest absolute Gasteiger partial charge is 0.492 e. The molecule has 2 heterocycles. The van der Waals surface area contributed by atoms with Crippen LogP contribution in [0.3, 0.4) is 0 Å². The zero-order valence-electron chi connectivity index (χ0n) is 17.3. The highest BCUT2D eigenvalue weighted by molar-refractivity contribution is 5.75. The van der Waals surface area contributed by atoms with Crippen LogP contribution >= 0.6 is 0 Å². The van der Waals surface area contributed by atoms with Crippen LogP contribution in [0.15, 0.2) is 36.9 Å². The number of alkyl carbamates (subject to hydrolysis) is 1. The van der Waals surface area contributed by atoms with E-state index in [9.17, 15) is 10.1 Å². The van der Waals surface area contributed by atoms with Gasteiger partial charge in [0.1, 0.15) is 24.0 Å². The molecule has 0 aliphatic rings. The second kappa shape index (κ2) is 9.59. The van der Waals surface area contributed by atoms with Crippen LogP contribution in [0.1, 0.15) is 26.3 Å². The number of ether oxygens (including phenoxy) is 2. The van der Waals surface area contributed by atoms with Gasteiger partial charge in [0.15, 0.2) is 5.82 Å². The lowest BCUT2D eigenvalue weighted by Gasteiger charge is -2.19. The van der Waals surface area contributed by atoms with E-state index in [1.807, 2.05) is 14.1 Å². The van der Waals surface area contributed by atoms with Crippen molar-refractivity contribution in [1.29, 1.82) is 5.26 Å². The summed E-state index contributed by atoms with van der Waals surface area (Å²) in [6.07, 6.45) is 6.19. The molecule has 9 heteroatoms. The van der Waals surface area contributed by atoms with Crippen LogP contribution in [-0.2, 0) is 4.74 Å². The number of nitrogens with one attached hydrogen (secondary N) is 1. The van der Waals surface area contributed by atoms with Crippen LogP contribution in [0.4, 0.5) is 4.79 Å². The average molecular weight is 398 g/mol. The Morgan fingerprint density at radius 1 is 1.41 bits per heavy atom. The monoisotopic (exact) mass is 398 g/mol. The van der Waals surface area contributed by atoms with Crippen LogP contribution < -0.4 is 10.1 Å². The van der Waals surface area contributed by atoms with E-state index in [0.717, 1.165) is 0 Å². The van der Waals surface area contributed by atoms with Crippen molar-refractivity contribution in [2.75, 3.05) is 27.2 Å². The number of hydrogen-bond donors (Lipinski definition) is 1. The molecule has 9 nitrogen and oxygen atoms in total. The molecule has 0 radical (unpaired) electrons. The number of pyridine rings is 1. The summed E-state index contributed by atoms with van der Waals surface area (Å²) in [5, 5.41) is 16.2. The van der Waals surface area contributed by atoms with Gasteiger partial charge in [-0.3, -0.25) is 0 Å². The maximum absolute atomic E-state index is 11.6. The van der Waals surface area contributed by atoms with Gasteiger partial charge in [0, 0.05) is 44.3 Å². The molecule has 0 spiro atoms. The van der Waals surface area contributed by atoms with Gasteiger partial charge in [0.2, 0.25) is 0 Å². The van der Waals surface area contributed by atoms with Crippen LogP contribution in [0.5, 0.6) is 5.75 Å². The normalized spacial score (nSPS) is 11.5. The first-order chi connectivity index (χ1) is 13.7. The Hall–Kier alpha value is -3.54. The Labute approximate surface area is 170 Å². The first-order valence-corrected chi connectivity index (χ1v) is 9.07. The fourth-order valence-corrected chi connectivity index (χ4v) is 2.26. The summed E-state index contributed by atoms with van der Waals surface area (Å²) in [7, 11) is 3.70. The Balaban J connectivity index is 1.97. The van der Waals surface area contributed by atoms with Crippen molar-refractivity contribution >= 4 is 11.7 Å². The fourth-order valence-electron chi connectivity index (χ4n) is 2.26. The second-order valence-electron chi connectivity index (χ2n) is 7.42. The number of rotatable bonds is 7. The number of nitrogens with zero attached hydrogens (tertiary/aromatic N) is 5. The van der Waals surface area contributed by atoms with Crippen LogP contribution in [0, 0.1) is 11.3 Å². The van der Waals surface area contributed by atoms with Gasteiger partial charge in [-0.05, 0) is 26.8 Å². The summed E-state index contributed by atoms with van der Waals surface area (Å²) >= 11 is 0. The molecule has 2 aromatic heterocycles. The predicted octanol–water partition coefficient (Wildman–Crippen LogP) is 2.60. The molecule has 0 atom stereocenters. The van der Waals surface area contributed by atoms with Crippen molar-refractivity contribution in [2.24, 2.45) is 0 Å². The quantitative estimate of drug-likeness (QED) is 0.564. The van der Waals surface area contributed by atoms with E-state index in [4.69, 9.17) is 9.47 Å². The van der Waals surface area contributed by atoms with Crippen molar-refractivity contribution in [3.63, 3.8) is 0 Å². The summed E-state index contributed by atoms with van der Waals surface area (Å²) in [5.74, 6) is 1.14. The summed E-state index contributed by atoms with van der Waals surface area (Å²) in [6, 6.07) is 5.60. The van der Waals surface area contributed by atoms with E-state index in [0.29, 0.717) is 29.2 Å². The topological polar surface area (TPSA) is 105 Å². The molecule has 0 bridgehead atoms. The summed E-state index contributed by atoms with van der Waals surface area (Å²) in [4.78, 5) is 17.7. The minimum absolute atomic E-state index is 0.275. The molecule has 154 valence electrons. The number of allylic oxidation sites excluding steroid dienone is 1. The molecule has 2 rings (SSSR count). The van der Waals surface area contributed by atoms with Gasteiger partial charge in [0.05, 0.1) is 18.3 Å². The summed E-state index contributed by atoms with van der Waals surface area (Å²) in [6.45, 7) is 5.99. The van der Waals surface area contributed by atoms with Gasteiger partial charge in [-0.1, -0.05) is 0 Å². The van der Waals surface area contributed by atoms with E-state index in [1.165, 1.54) is 0 Å². The van der Waals surface area contributed by atoms with Crippen LogP contribution in [0.25, 0.3) is 11.4 Å². The number of amides is 1. The highest BCUT2D eigenvalue weighted by Crippen LogP contribution is 2.17. The Kier molecular flexibility index (Phi) is 7.20. The third kappa shape index (κ3) is 7.18. The molecular formula is C20H26N6O3. The lowest BCUT2D eigenvalue weighted by Crippen LogP contribution is -2.34. The Morgan fingerprint density at radius 3 is 2.83 bits per heavy atom. The molecule has 0 unspecified atom stereocenters. The minimum Gasteiger partial charge on any atom is -0.492 e. The second-order valence-corrected chi connectivity index (χ2v) is 7.42. The number of carbonyl (C=O) groups excluding carboxylic acids is 1. The standard InChI is InChI=1S/C20H26N6O3/c1-20(2,3)29-19(27)23-8-9-28-17-6-7-22-18(10-17)26-14-16(12-24-26)15(11-21)13-25(4)5/h6-7,10,12-14H,8-9H2,1-5H3,(H,23,27)/b15-13+. The maximum Gasteiger partial charge on any atom is 0.407 e. The van der Waals surface area contributed by atoms with Crippen molar-refractivity contribution in [2.45, 2.75) is 26.4 Å². The highest BCUT2D eigenvalue weighted by atomic mass is 16.6. The van der Waals surface area contributed by atoms with E-state index < -0.39 is 11.7 Å². The first kappa shape index (κ1) is 21.8. The average Bonchev–Trinajstić information content (AvgIpc) is 3.12. The van der Waals surface area contributed by atoms with E-state index in [2.05, 4.69) is 21.5 Å². The van der Waals surface area contributed by atoms with Crippen molar-refractivity contribution in [1.82, 2.24) is 25.0 Å². The smallest absolute Gasteiger partial charge is 0.407 e. The van der Waals surface area contributed by atoms with Crippen molar-refractivity contribution < 1.29 is 14.3 Å². The summed E-state index contributed by atoms with van der Waals surface area (Å²) in [5.41, 5.74) is 0.651. The van der Waals surface area contributed by atoms with Gasteiger partial charge in [0.25, 0.3) is 0 Å². The minimum atomic E-state index is -0.541. The molecule has 0 aliphatic carbocycles. The molecule has 1 amide bonds. The van der Waals surface area contributed by atoms with Crippen LogP contribution in [0.2, 0.25) is 0 Å². The number of hydrogen-bond acceptors (Lipinski definition) is 7.